The van der Waals surface area contributed by atoms with E-state index < -0.39 is 0 Å². The lowest BCUT2D eigenvalue weighted by Crippen LogP contribution is -2.19. The van der Waals surface area contributed by atoms with Crippen LogP contribution in [0.5, 0.6) is 0 Å². The first-order valence-electron chi connectivity index (χ1n) is 7.73. The summed E-state index contributed by atoms with van der Waals surface area (Å²) in [6.07, 6.45) is 3.99. The Balaban J connectivity index is 0. The Hall–Kier alpha value is -1.14. The highest BCUT2D eigenvalue weighted by Gasteiger charge is 2.06. The van der Waals surface area contributed by atoms with Crippen molar-refractivity contribution in [1.29, 1.82) is 0 Å². The standard InChI is InChI=1S/2C8H16O3/c1-4-8(10-3)5-6-11-7(2)9;1-4-5-8(10-3)6-11-7(2)9/h2*8H,4-6H2,1-3H3. The lowest BCUT2D eigenvalue weighted by molar-refractivity contribution is -0.144. The van der Waals surface area contributed by atoms with Crippen molar-refractivity contribution in [2.75, 3.05) is 27.4 Å². The zero-order valence-corrected chi connectivity index (χ0v) is 14.8. The van der Waals surface area contributed by atoms with Gasteiger partial charge < -0.3 is 18.9 Å². The summed E-state index contributed by atoms with van der Waals surface area (Å²) in [5.41, 5.74) is 0. The molecule has 0 aromatic rings. The molecule has 0 aliphatic carbocycles. The summed E-state index contributed by atoms with van der Waals surface area (Å²) in [4.78, 5) is 20.7. The second-order valence-electron chi connectivity index (χ2n) is 4.84. The first kappa shape index (κ1) is 23.1. The SMILES string of the molecule is CCC(CCOC(C)=O)OC.CCCC(COC(C)=O)OC. The molecule has 0 heterocycles. The molecule has 132 valence electrons. The van der Waals surface area contributed by atoms with Crippen LogP contribution in [0.15, 0.2) is 0 Å². The van der Waals surface area contributed by atoms with Crippen LogP contribution >= 0.6 is 0 Å². The van der Waals surface area contributed by atoms with Gasteiger partial charge in [0.25, 0.3) is 0 Å². The molecule has 22 heavy (non-hydrogen) atoms. The van der Waals surface area contributed by atoms with E-state index in [2.05, 4.69) is 6.92 Å². The molecular formula is C16H32O6. The van der Waals surface area contributed by atoms with Gasteiger partial charge in [0.2, 0.25) is 0 Å². The molecule has 0 aliphatic rings. The van der Waals surface area contributed by atoms with Gasteiger partial charge in [0.15, 0.2) is 0 Å². The van der Waals surface area contributed by atoms with E-state index in [1.54, 1.807) is 14.2 Å². The molecule has 0 amide bonds. The van der Waals surface area contributed by atoms with E-state index in [0.717, 1.165) is 25.7 Å². The molecule has 0 rings (SSSR count). The Morgan fingerprint density at radius 1 is 0.864 bits per heavy atom. The monoisotopic (exact) mass is 320 g/mol. The van der Waals surface area contributed by atoms with E-state index in [1.165, 1.54) is 13.8 Å². The summed E-state index contributed by atoms with van der Waals surface area (Å²) in [5.74, 6) is -0.473. The predicted molar refractivity (Wildman–Crippen MR) is 84.7 cm³/mol. The van der Waals surface area contributed by atoms with Crippen molar-refractivity contribution in [2.45, 2.75) is 65.6 Å². The molecule has 0 fully saturated rings. The third kappa shape index (κ3) is 16.9. The average molecular weight is 320 g/mol. The third-order valence-electron chi connectivity index (χ3n) is 2.95. The summed E-state index contributed by atoms with van der Waals surface area (Å²) in [5, 5.41) is 0. The van der Waals surface area contributed by atoms with Crippen molar-refractivity contribution in [3.63, 3.8) is 0 Å². The van der Waals surface area contributed by atoms with Crippen molar-refractivity contribution in [3.8, 4) is 0 Å². The smallest absolute Gasteiger partial charge is 0.302 e. The molecular weight excluding hydrogens is 288 g/mol. The van der Waals surface area contributed by atoms with E-state index >= 15 is 0 Å². The Kier molecular flexibility index (Phi) is 17.1. The number of esters is 2. The Bertz CT molecular complexity index is 276. The van der Waals surface area contributed by atoms with Crippen LogP contribution in [0.1, 0.15) is 53.4 Å². The van der Waals surface area contributed by atoms with Crippen LogP contribution < -0.4 is 0 Å². The largest absolute Gasteiger partial charge is 0.466 e. The van der Waals surface area contributed by atoms with Crippen LogP contribution in [0, 0.1) is 0 Å². The summed E-state index contributed by atoms with van der Waals surface area (Å²) in [6, 6.07) is 0. The summed E-state index contributed by atoms with van der Waals surface area (Å²) >= 11 is 0. The van der Waals surface area contributed by atoms with Crippen molar-refractivity contribution in [3.05, 3.63) is 0 Å². The summed E-state index contributed by atoms with van der Waals surface area (Å²) < 4.78 is 19.7. The van der Waals surface area contributed by atoms with Gasteiger partial charge in [-0.1, -0.05) is 20.3 Å². The minimum absolute atomic E-state index is 0.0592. The highest BCUT2D eigenvalue weighted by molar-refractivity contribution is 5.66. The molecule has 0 bridgehead atoms. The molecule has 0 saturated carbocycles. The van der Waals surface area contributed by atoms with E-state index in [9.17, 15) is 9.59 Å². The molecule has 0 radical (unpaired) electrons. The van der Waals surface area contributed by atoms with Crippen LogP contribution in [-0.2, 0) is 28.5 Å². The maximum atomic E-state index is 10.4. The van der Waals surface area contributed by atoms with Crippen molar-refractivity contribution in [2.24, 2.45) is 0 Å². The molecule has 0 aromatic heterocycles. The van der Waals surface area contributed by atoms with Crippen LogP contribution in [0.25, 0.3) is 0 Å². The molecule has 0 aromatic carbocycles. The van der Waals surface area contributed by atoms with Crippen LogP contribution in [-0.4, -0.2) is 51.6 Å². The van der Waals surface area contributed by atoms with Crippen molar-refractivity contribution < 1.29 is 28.5 Å². The number of carbonyl (C=O) groups is 2. The number of ether oxygens (including phenoxy) is 4. The second-order valence-corrected chi connectivity index (χ2v) is 4.84. The second kappa shape index (κ2) is 16.2. The lowest BCUT2D eigenvalue weighted by atomic mass is 10.2. The fraction of sp³-hybridized carbons (Fsp3) is 0.875. The first-order valence-corrected chi connectivity index (χ1v) is 7.73. The Morgan fingerprint density at radius 3 is 1.77 bits per heavy atom. The van der Waals surface area contributed by atoms with Gasteiger partial charge >= 0.3 is 11.9 Å². The van der Waals surface area contributed by atoms with E-state index in [4.69, 9.17) is 18.9 Å². The van der Waals surface area contributed by atoms with Gasteiger partial charge in [-0.25, -0.2) is 0 Å². The molecule has 0 aliphatic heterocycles. The lowest BCUT2D eigenvalue weighted by Gasteiger charge is -2.13. The van der Waals surface area contributed by atoms with Crippen LogP contribution in [0.4, 0.5) is 0 Å². The molecule has 0 N–H and O–H groups in total. The average Bonchev–Trinajstić information content (AvgIpc) is 2.48. The number of hydrogen-bond donors (Lipinski definition) is 0. The van der Waals surface area contributed by atoms with Gasteiger partial charge in [-0.3, -0.25) is 9.59 Å². The topological polar surface area (TPSA) is 71.1 Å². The highest BCUT2D eigenvalue weighted by atomic mass is 16.6. The number of rotatable bonds is 10. The molecule has 2 unspecified atom stereocenters. The van der Waals surface area contributed by atoms with Gasteiger partial charge in [-0.15, -0.1) is 0 Å². The van der Waals surface area contributed by atoms with Crippen molar-refractivity contribution in [1.82, 2.24) is 0 Å². The molecule has 0 spiro atoms. The first-order chi connectivity index (χ1) is 10.4. The Morgan fingerprint density at radius 2 is 1.41 bits per heavy atom. The minimum atomic E-state index is -0.247. The van der Waals surface area contributed by atoms with Gasteiger partial charge in [-0.05, 0) is 12.8 Å². The fourth-order valence-electron chi connectivity index (χ4n) is 1.62. The van der Waals surface area contributed by atoms with Crippen LogP contribution in [0.3, 0.4) is 0 Å². The van der Waals surface area contributed by atoms with E-state index in [0.29, 0.717) is 13.2 Å². The van der Waals surface area contributed by atoms with Gasteiger partial charge in [-0.2, -0.15) is 0 Å². The normalized spacial score (nSPS) is 12.6. The number of carbonyl (C=O) groups excluding carboxylic acids is 2. The minimum Gasteiger partial charge on any atom is -0.466 e. The molecule has 2 atom stereocenters. The van der Waals surface area contributed by atoms with Gasteiger partial charge in [0.1, 0.15) is 6.61 Å². The van der Waals surface area contributed by atoms with Crippen LogP contribution in [0.2, 0.25) is 0 Å². The number of methoxy groups -OCH3 is 2. The van der Waals surface area contributed by atoms with Gasteiger partial charge in [0.05, 0.1) is 18.8 Å². The maximum absolute atomic E-state index is 10.4. The predicted octanol–water partition coefficient (Wildman–Crippen LogP) is 2.73. The molecule has 0 saturated heterocycles. The fourth-order valence-corrected chi connectivity index (χ4v) is 1.62. The highest BCUT2D eigenvalue weighted by Crippen LogP contribution is 2.02. The van der Waals surface area contributed by atoms with Gasteiger partial charge in [0, 0.05) is 34.5 Å². The third-order valence-corrected chi connectivity index (χ3v) is 2.95. The summed E-state index contributed by atoms with van der Waals surface area (Å²) in [7, 11) is 3.30. The zero-order valence-electron chi connectivity index (χ0n) is 14.8. The van der Waals surface area contributed by atoms with Crippen molar-refractivity contribution >= 4 is 11.9 Å². The molecule has 6 heteroatoms. The Labute approximate surface area is 134 Å². The van der Waals surface area contributed by atoms with E-state index in [1.807, 2.05) is 6.92 Å². The quantitative estimate of drug-likeness (QED) is 0.576. The van der Waals surface area contributed by atoms with E-state index in [-0.39, 0.29) is 24.1 Å². The molecule has 6 nitrogen and oxygen atoms in total. The maximum Gasteiger partial charge on any atom is 0.302 e. The summed E-state index contributed by atoms with van der Waals surface area (Å²) in [6.45, 7) is 7.76. The zero-order chi connectivity index (χ0) is 17.4. The number of hydrogen-bond acceptors (Lipinski definition) is 6.